The fourth-order valence-corrected chi connectivity index (χ4v) is 1.41. The molecule has 0 radical (unpaired) electrons. The van der Waals surface area contributed by atoms with E-state index in [1.165, 1.54) is 4.90 Å². The molecule has 5 heteroatoms. The van der Waals surface area contributed by atoms with Crippen LogP contribution in [-0.4, -0.2) is 49.3 Å². The number of carbonyl (C=O) groups excluding carboxylic acids is 1. The lowest BCUT2D eigenvalue weighted by atomic mass is 10.2. The normalized spacial score (nSPS) is 21.1. The molecule has 15 heavy (non-hydrogen) atoms. The van der Waals surface area contributed by atoms with Crippen molar-refractivity contribution in [2.45, 2.75) is 26.0 Å². The zero-order chi connectivity index (χ0) is 11.3. The van der Waals surface area contributed by atoms with Crippen LogP contribution in [0, 0.1) is 11.3 Å². The Balaban J connectivity index is 2.58. The first-order valence-corrected chi connectivity index (χ1v) is 5.03. The van der Waals surface area contributed by atoms with Crippen molar-refractivity contribution in [1.82, 2.24) is 4.90 Å². The Hall–Kier alpha value is -1.12. The van der Waals surface area contributed by atoms with Crippen LogP contribution in [0.15, 0.2) is 0 Å². The van der Waals surface area contributed by atoms with Crippen LogP contribution in [0.25, 0.3) is 0 Å². The molecule has 1 fully saturated rings. The summed E-state index contributed by atoms with van der Waals surface area (Å²) < 4.78 is 10.4. The topological polar surface area (TPSA) is 62.6 Å². The molecule has 84 valence electrons. The van der Waals surface area contributed by atoms with Crippen LogP contribution in [0.5, 0.6) is 0 Å². The minimum Gasteiger partial charge on any atom is -0.376 e. The summed E-state index contributed by atoms with van der Waals surface area (Å²) >= 11 is 0. The molecule has 1 atom stereocenters. The summed E-state index contributed by atoms with van der Waals surface area (Å²) in [6.07, 6.45) is -0.547. The average Bonchev–Trinajstić information content (AvgIpc) is 2.26. The monoisotopic (exact) mass is 212 g/mol. The highest BCUT2D eigenvalue weighted by molar-refractivity contribution is 5.81. The fraction of sp³-hybridized carbons (Fsp3) is 0.800. The van der Waals surface area contributed by atoms with Crippen LogP contribution in [0.1, 0.15) is 13.8 Å². The Morgan fingerprint density at radius 1 is 1.60 bits per heavy atom. The molecule has 0 spiro atoms. The molecule has 1 aliphatic rings. The minimum absolute atomic E-state index is 0.00248. The first-order chi connectivity index (χ1) is 7.16. The third-order valence-electron chi connectivity index (χ3n) is 2.24. The molecule has 0 aromatic heterocycles. The first kappa shape index (κ1) is 12.0. The summed E-state index contributed by atoms with van der Waals surface area (Å²) in [6, 6.07) is 1.98. The third-order valence-corrected chi connectivity index (χ3v) is 2.24. The zero-order valence-electron chi connectivity index (χ0n) is 9.10. The largest absolute Gasteiger partial charge is 0.376 e. The van der Waals surface area contributed by atoms with E-state index in [-0.39, 0.29) is 25.1 Å². The SMILES string of the molecule is CC(C)N(CC#N)C(=O)C1COCCO1. The van der Waals surface area contributed by atoms with E-state index in [4.69, 9.17) is 14.7 Å². The molecular weight excluding hydrogens is 196 g/mol. The quantitative estimate of drug-likeness (QED) is 0.625. The van der Waals surface area contributed by atoms with Crippen molar-refractivity contribution in [3.05, 3.63) is 0 Å². The summed E-state index contributed by atoms with van der Waals surface area (Å²) in [6.45, 7) is 5.10. The van der Waals surface area contributed by atoms with E-state index in [1.807, 2.05) is 19.9 Å². The van der Waals surface area contributed by atoms with Gasteiger partial charge < -0.3 is 14.4 Å². The van der Waals surface area contributed by atoms with Crippen LogP contribution in [0.4, 0.5) is 0 Å². The van der Waals surface area contributed by atoms with Crippen molar-refractivity contribution in [2.24, 2.45) is 0 Å². The number of rotatable bonds is 3. The molecule has 0 aliphatic carbocycles. The molecule has 1 rings (SSSR count). The van der Waals surface area contributed by atoms with Crippen LogP contribution in [-0.2, 0) is 14.3 Å². The van der Waals surface area contributed by atoms with Crippen molar-refractivity contribution < 1.29 is 14.3 Å². The van der Waals surface area contributed by atoms with Crippen LogP contribution >= 0.6 is 0 Å². The fourth-order valence-electron chi connectivity index (χ4n) is 1.41. The molecular formula is C10H16N2O3. The Bertz CT molecular complexity index is 254. The number of hydrogen-bond donors (Lipinski definition) is 0. The van der Waals surface area contributed by atoms with Crippen molar-refractivity contribution in [2.75, 3.05) is 26.4 Å². The average molecular weight is 212 g/mol. The van der Waals surface area contributed by atoms with Crippen molar-refractivity contribution in [3.8, 4) is 6.07 Å². The number of amides is 1. The second-order valence-electron chi connectivity index (χ2n) is 3.65. The maximum absolute atomic E-state index is 11.9. The molecule has 0 N–H and O–H groups in total. The lowest BCUT2D eigenvalue weighted by Gasteiger charge is -2.30. The second kappa shape index (κ2) is 5.69. The van der Waals surface area contributed by atoms with Gasteiger partial charge in [0.25, 0.3) is 5.91 Å². The second-order valence-corrected chi connectivity index (χ2v) is 3.65. The van der Waals surface area contributed by atoms with Gasteiger partial charge in [0.05, 0.1) is 25.9 Å². The van der Waals surface area contributed by atoms with Gasteiger partial charge in [-0.2, -0.15) is 5.26 Å². The molecule has 0 bridgehead atoms. The summed E-state index contributed by atoms with van der Waals surface area (Å²) in [4.78, 5) is 13.4. The van der Waals surface area contributed by atoms with E-state index in [9.17, 15) is 4.79 Å². The van der Waals surface area contributed by atoms with E-state index in [0.29, 0.717) is 13.2 Å². The molecule has 0 saturated carbocycles. The van der Waals surface area contributed by atoms with Crippen molar-refractivity contribution in [3.63, 3.8) is 0 Å². The molecule has 1 heterocycles. The maximum atomic E-state index is 11.9. The summed E-state index contributed by atoms with van der Waals surface area (Å²) in [5, 5.41) is 8.62. The predicted octanol–water partition coefficient (Wildman–Crippen LogP) is 0.162. The lowest BCUT2D eigenvalue weighted by Crippen LogP contribution is -2.48. The first-order valence-electron chi connectivity index (χ1n) is 5.03. The van der Waals surface area contributed by atoms with Gasteiger partial charge in [-0.3, -0.25) is 4.79 Å². The Morgan fingerprint density at radius 3 is 2.80 bits per heavy atom. The van der Waals surface area contributed by atoms with Gasteiger partial charge in [-0.15, -0.1) is 0 Å². The number of ether oxygens (including phenoxy) is 2. The number of hydrogen-bond acceptors (Lipinski definition) is 4. The van der Waals surface area contributed by atoms with Gasteiger partial charge in [0.15, 0.2) is 6.10 Å². The molecule has 5 nitrogen and oxygen atoms in total. The molecule has 1 amide bonds. The van der Waals surface area contributed by atoms with E-state index in [2.05, 4.69) is 0 Å². The predicted molar refractivity (Wildman–Crippen MR) is 53.0 cm³/mol. The van der Waals surface area contributed by atoms with Gasteiger partial charge in [0.2, 0.25) is 0 Å². The van der Waals surface area contributed by atoms with E-state index in [1.54, 1.807) is 0 Å². The van der Waals surface area contributed by atoms with Gasteiger partial charge in [-0.05, 0) is 13.8 Å². The third kappa shape index (κ3) is 3.18. The lowest BCUT2D eigenvalue weighted by molar-refractivity contribution is -0.158. The highest BCUT2D eigenvalue weighted by atomic mass is 16.6. The molecule has 1 unspecified atom stereocenters. The number of nitrogens with zero attached hydrogens (tertiary/aromatic N) is 2. The van der Waals surface area contributed by atoms with Gasteiger partial charge in [0.1, 0.15) is 6.54 Å². The molecule has 1 saturated heterocycles. The van der Waals surface area contributed by atoms with Crippen LogP contribution < -0.4 is 0 Å². The summed E-state index contributed by atoms with van der Waals surface area (Å²) in [7, 11) is 0. The zero-order valence-corrected chi connectivity index (χ0v) is 9.10. The standard InChI is InChI=1S/C10H16N2O3/c1-8(2)12(4-3-11)10(13)9-7-14-5-6-15-9/h8-9H,4-7H2,1-2H3. The summed E-state index contributed by atoms with van der Waals surface area (Å²) in [5.41, 5.74) is 0. The maximum Gasteiger partial charge on any atom is 0.255 e. The van der Waals surface area contributed by atoms with Crippen LogP contribution in [0.2, 0.25) is 0 Å². The van der Waals surface area contributed by atoms with E-state index >= 15 is 0 Å². The van der Waals surface area contributed by atoms with E-state index in [0.717, 1.165) is 0 Å². The Morgan fingerprint density at radius 2 is 2.33 bits per heavy atom. The highest BCUT2D eigenvalue weighted by Crippen LogP contribution is 2.08. The molecule has 1 aliphatic heterocycles. The molecule has 0 aromatic rings. The van der Waals surface area contributed by atoms with Gasteiger partial charge in [-0.25, -0.2) is 0 Å². The highest BCUT2D eigenvalue weighted by Gasteiger charge is 2.28. The number of carbonyl (C=O) groups is 1. The Labute approximate surface area is 89.6 Å². The van der Waals surface area contributed by atoms with E-state index < -0.39 is 6.10 Å². The van der Waals surface area contributed by atoms with Crippen LogP contribution in [0.3, 0.4) is 0 Å². The number of nitriles is 1. The van der Waals surface area contributed by atoms with Gasteiger partial charge in [-0.1, -0.05) is 0 Å². The van der Waals surface area contributed by atoms with Crippen molar-refractivity contribution in [1.29, 1.82) is 5.26 Å². The summed E-state index contributed by atoms with van der Waals surface area (Å²) in [5.74, 6) is -0.161. The van der Waals surface area contributed by atoms with Gasteiger partial charge >= 0.3 is 0 Å². The minimum atomic E-state index is -0.547. The van der Waals surface area contributed by atoms with Gasteiger partial charge in [0, 0.05) is 6.04 Å². The Kier molecular flexibility index (Phi) is 4.53. The molecule has 0 aromatic carbocycles. The van der Waals surface area contributed by atoms with Crippen molar-refractivity contribution >= 4 is 5.91 Å². The smallest absolute Gasteiger partial charge is 0.255 e.